The van der Waals surface area contributed by atoms with E-state index in [4.69, 9.17) is 28.2 Å². The van der Waals surface area contributed by atoms with Gasteiger partial charge >= 0.3 is 0 Å². The number of fused-ring (bicyclic) bond motifs is 1. The van der Waals surface area contributed by atoms with Crippen molar-refractivity contribution in [3.8, 4) is 11.3 Å². The molecule has 0 fully saturated rings. The highest BCUT2D eigenvalue weighted by molar-refractivity contribution is 6.30. The summed E-state index contributed by atoms with van der Waals surface area (Å²) in [5, 5.41) is 4.60. The van der Waals surface area contributed by atoms with Crippen LogP contribution in [-0.2, 0) is 6.54 Å². The van der Waals surface area contributed by atoms with E-state index in [1.165, 1.54) is 0 Å². The maximum atomic E-state index is 6.19. The molecular formula is C19H15Cl2N5. The number of aromatic nitrogens is 4. The molecule has 5 nitrogen and oxygen atoms in total. The molecule has 26 heavy (non-hydrogen) atoms. The van der Waals surface area contributed by atoms with E-state index in [0.717, 1.165) is 28.3 Å². The summed E-state index contributed by atoms with van der Waals surface area (Å²) in [7, 11) is 0. The van der Waals surface area contributed by atoms with E-state index in [0.29, 0.717) is 22.5 Å². The number of nitrogens with zero attached hydrogens (tertiary/aromatic N) is 4. The highest BCUT2D eigenvalue weighted by Crippen LogP contribution is 2.27. The molecule has 0 atom stereocenters. The molecule has 7 heteroatoms. The summed E-state index contributed by atoms with van der Waals surface area (Å²) in [6.45, 7) is 2.43. The molecule has 0 radical (unpaired) electrons. The Morgan fingerprint density at radius 2 is 1.73 bits per heavy atom. The minimum atomic E-state index is 0.503. The van der Waals surface area contributed by atoms with Gasteiger partial charge in [-0.1, -0.05) is 35.3 Å². The van der Waals surface area contributed by atoms with Gasteiger partial charge in [0.15, 0.2) is 0 Å². The maximum absolute atomic E-state index is 6.19. The van der Waals surface area contributed by atoms with Crippen LogP contribution in [0.1, 0.15) is 11.4 Å². The van der Waals surface area contributed by atoms with Gasteiger partial charge in [-0.15, -0.1) is 0 Å². The Kier molecular flexibility index (Phi) is 4.49. The summed E-state index contributed by atoms with van der Waals surface area (Å²) in [4.78, 5) is 13.4. The molecule has 0 aliphatic heterocycles. The van der Waals surface area contributed by atoms with Gasteiger partial charge in [0.2, 0.25) is 5.95 Å². The molecule has 130 valence electrons. The molecule has 3 aromatic heterocycles. The van der Waals surface area contributed by atoms with E-state index in [1.807, 2.05) is 60.0 Å². The number of hydrogen-bond acceptors (Lipinski definition) is 4. The van der Waals surface area contributed by atoms with Crippen molar-refractivity contribution in [2.45, 2.75) is 13.5 Å². The molecule has 0 bridgehead atoms. The van der Waals surface area contributed by atoms with Gasteiger partial charge in [0.25, 0.3) is 0 Å². The first-order chi connectivity index (χ1) is 12.6. The van der Waals surface area contributed by atoms with E-state index >= 15 is 0 Å². The number of benzene rings is 1. The van der Waals surface area contributed by atoms with Crippen LogP contribution in [0.25, 0.3) is 16.9 Å². The third-order valence-corrected chi connectivity index (χ3v) is 4.48. The van der Waals surface area contributed by atoms with Crippen molar-refractivity contribution < 1.29 is 0 Å². The second-order valence-electron chi connectivity index (χ2n) is 5.86. The Morgan fingerprint density at radius 1 is 0.962 bits per heavy atom. The van der Waals surface area contributed by atoms with Gasteiger partial charge < -0.3 is 9.72 Å². The third-order valence-electron chi connectivity index (χ3n) is 4.01. The SMILES string of the molecule is Cc1ccnc(NCc2c(-c3ccc(Cl)cc3)nc3ccc(Cl)cn23)n1. The zero-order chi connectivity index (χ0) is 18.1. The Balaban J connectivity index is 1.78. The van der Waals surface area contributed by atoms with Crippen molar-refractivity contribution in [1.82, 2.24) is 19.4 Å². The van der Waals surface area contributed by atoms with Crippen LogP contribution in [0.15, 0.2) is 54.9 Å². The summed E-state index contributed by atoms with van der Waals surface area (Å²) >= 11 is 12.2. The highest BCUT2D eigenvalue weighted by Gasteiger charge is 2.15. The summed E-state index contributed by atoms with van der Waals surface area (Å²) in [5.41, 5.74) is 4.54. The molecule has 3 heterocycles. The van der Waals surface area contributed by atoms with Crippen molar-refractivity contribution in [3.05, 3.63) is 76.3 Å². The van der Waals surface area contributed by atoms with Crippen LogP contribution in [0.2, 0.25) is 10.0 Å². The van der Waals surface area contributed by atoms with Gasteiger partial charge in [-0.25, -0.2) is 15.0 Å². The fourth-order valence-corrected chi connectivity index (χ4v) is 3.06. The summed E-state index contributed by atoms with van der Waals surface area (Å²) in [6.07, 6.45) is 3.59. The number of hydrogen-bond donors (Lipinski definition) is 1. The van der Waals surface area contributed by atoms with Crippen molar-refractivity contribution in [1.29, 1.82) is 0 Å². The Labute approximate surface area is 160 Å². The molecule has 4 rings (SSSR count). The average Bonchev–Trinajstić information content (AvgIpc) is 2.98. The van der Waals surface area contributed by atoms with Gasteiger partial charge in [0, 0.05) is 28.7 Å². The predicted octanol–water partition coefficient (Wildman–Crippen LogP) is 5.02. The van der Waals surface area contributed by atoms with Crippen molar-refractivity contribution in [3.63, 3.8) is 0 Å². The Morgan fingerprint density at radius 3 is 2.50 bits per heavy atom. The molecule has 1 aromatic carbocycles. The average molecular weight is 384 g/mol. The van der Waals surface area contributed by atoms with Crippen LogP contribution in [0.3, 0.4) is 0 Å². The molecule has 1 N–H and O–H groups in total. The molecule has 0 saturated carbocycles. The van der Waals surface area contributed by atoms with Gasteiger partial charge in [0.1, 0.15) is 5.65 Å². The van der Waals surface area contributed by atoms with Crippen molar-refractivity contribution >= 4 is 34.8 Å². The molecule has 0 unspecified atom stereocenters. The van der Waals surface area contributed by atoms with E-state index < -0.39 is 0 Å². The molecule has 0 aliphatic carbocycles. The second-order valence-corrected chi connectivity index (χ2v) is 6.74. The van der Waals surface area contributed by atoms with E-state index in [9.17, 15) is 0 Å². The normalized spacial score (nSPS) is 11.0. The van der Waals surface area contributed by atoms with E-state index in [1.54, 1.807) is 6.20 Å². The standard InChI is InChI=1S/C19H15Cl2N5/c1-12-8-9-22-19(24-12)23-10-16-18(13-2-4-14(20)5-3-13)25-17-7-6-15(21)11-26(16)17/h2-9,11H,10H2,1H3,(H,22,23,24). The second kappa shape index (κ2) is 6.94. The molecule has 0 aliphatic rings. The van der Waals surface area contributed by atoms with Crippen LogP contribution in [0.4, 0.5) is 5.95 Å². The summed E-state index contributed by atoms with van der Waals surface area (Å²) < 4.78 is 1.98. The molecule has 0 amide bonds. The zero-order valence-corrected chi connectivity index (χ0v) is 15.5. The fourth-order valence-electron chi connectivity index (χ4n) is 2.77. The molecule has 0 saturated heterocycles. The number of anilines is 1. The summed E-state index contributed by atoms with van der Waals surface area (Å²) in [5.74, 6) is 0.573. The van der Waals surface area contributed by atoms with Gasteiger partial charge in [0.05, 0.1) is 23.0 Å². The van der Waals surface area contributed by atoms with Crippen molar-refractivity contribution in [2.75, 3.05) is 5.32 Å². The highest BCUT2D eigenvalue weighted by atomic mass is 35.5. The third kappa shape index (κ3) is 3.36. The number of rotatable bonds is 4. The van der Waals surface area contributed by atoms with Gasteiger partial charge in [-0.3, -0.25) is 0 Å². The van der Waals surface area contributed by atoms with Crippen LogP contribution in [0, 0.1) is 6.92 Å². The topological polar surface area (TPSA) is 55.1 Å². The molecule has 0 spiro atoms. The summed E-state index contributed by atoms with van der Waals surface area (Å²) in [6, 6.07) is 13.2. The van der Waals surface area contributed by atoms with Crippen LogP contribution >= 0.6 is 23.2 Å². The quantitative estimate of drug-likeness (QED) is 0.537. The van der Waals surface area contributed by atoms with Crippen LogP contribution in [-0.4, -0.2) is 19.4 Å². The maximum Gasteiger partial charge on any atom is 0.223 e. The lowest BCUT2D eigenvalue weighted by Gasteiger charge is -2.08. The lowest BCUT2D eigenvalue weighted by molar-refractivity contribution is 0.969. The van der Waals surface area contributed by atoms with Crippen LogP contribution < -0.4 is 5.32 Å². The lowest BCUT2D eigenvalue weighted by Crippen LogP contribution is -2.07. The number of halogens is 2. The minimum Gasteiger partial charge on any atom is -0.349 e. The Hall–Kier alpha value is -2.63. The first kappa shape index (κ1) is 16.8. The van der Waals surface area contributed by atoms with Gasteiger partial charge in [-0.2, -0.15) is 0 Å². The Bertz CT molecular complexity index is 1070. The zero-order valence-electron chi connectivity index (χ0n) is 13.9. The molecule has 4 aromatic rings. The minimum absolute atomic E-state index is 0.503. The van der Waals surface area contributed by atoms with Crippen LogP contribution in [0.5, 0.6) is 0 Å². The first-order valence-corrected chi connectivity index (χ1v) is 8.82. The largest absolute Gasteiger partial charge is 0.349 e. The monoisotopic (exact) mass is 383 g/mol. The lowest BCUT2D eigenvalue weighted by atomic mass is 10.1. The molecular weight excluding hydrogens is 369 g/mol. The predicted molar refractivity (Wildman–Crippen MR) is 105 cm³/mol. The smallest absolute Gasteiger partial charge is 0.223 e. The number of pyridine rings is 1. The van der Waals surface area contributed by atoms with E-state index in [2.05, 4.69) is 15.3 Å². The van der Waals surface area contributed by atoms with Crippen molar-refractivity contribution in [2.24, 2.45) is 0 Å². The number of imidazole rings is 1. The first-order valence-electron chi connectivity index (χ1n) is 8.06. The number of nitrogens with one attached hydrogen (secondary N) is 1. The van der Waals surface area contributed by atoms with Gasteiger partial charge in [-0.05, 0) is 37.3 Å². The fraction of sp³-hybridized carbons (Fsp3) is 0.105. The van der Waals surface area contributed by atoms with E-state index in [-0.39, 0.29) is 0 Å². The number of aryl methyl sites for hydroxylation is 1.